The minimum Gasteiger partial charge on any atom is -0.330 e. The van der Waals surface area contributed by atoms with Gasteiger partial charge in [-0.15, -0.1) is 0 Å². The highest BCUT2D eigenvalue weighted by Crippen LogP contribution is 2.31. The van der Waals surface area contributed by atoms with E-state index in [1.807, 2.05) is 6.07 Å². The molecule has 0 radical (unpaired) electrons. The van der Waals surface area contributed by atoms with E-state index in [2.05, 4.69) is 0 Å². The zero-order valence-corrected chi connectivity index (χ0v) is 7.59. The van der Waals surface area contributed by atoms with E-state index in [9.17, 15) is 4.39 Å². The van der Waals surface area contributed by atoms with Gasteiger partial charge in [0.05, 0.1) is 0 Å². The molecule has 1 aromatic rings. The van der Waals surface area contributed by atoms with Crippen molar-refractivity contribution in [3.05, 3.63) is 35.1 Å². The third kappa shape index (κ3) is 1.46. The van der Waals surface area contributed by atoms with Crippen LogP contribution in [-0.2, 0) is 6.42 Å². The summed E-state index contributed by atoms with van der Waals surface area (Å²) in [6.07, 6.45) is 3.04. The summed E-state index contributed by atoms with van der Waals surface area (Å²) in [6.45, 7) is 0.635. The summed E-state index contributed by atoms with van der Waals surface area (Å²) in [7, 11) is 0. The van der Waals surface area contributed by atoms with Crippen molar-refractivity contribution in [1.29, 1.82) is 0 Å². The molecule has 0 fully saturated rings. The lowest BCUT2D eigenvalue weighted by molar-refractivity contribution is 0.526. The molecule has 13 heavy (non-hydrogen) atoms. The molecule has 2 N–H and O–H groups in total. The Morgan fingerprint density at radius 1 is 1.46 bits per heavy atom. The lowest BCUT2D eigenvalue weighted by Crippen LogP contribution is -2.18. The van der Waals surface area contributed by atoms with Crippen LogP contribution in [0.5, 0.6) is 0 Å². The van der Waals surface area contributed by atoms with Gasteiger partial charge >= 0.3 is 0 Å². The van der Waals surface area contributed by atoms with Crippen LogP contribution in [-0.4, -0.2) is 6.54 Å². The monoisotopic (exact) mass is 179 g/mol. The first-order valence-corrected chi connectivity index (χ1v) is 4.80. The summed E-state index contributed by atoms with van der Waals surface area (Å²) in [4.78, 5) is 0. The molecule has 1 aliphatic rings. The van der Waals surface area contributed by atoms with E-state index >= 15 is 0 Å². The van der Waals surface area contributed by atoms with Gasteiger partial charge in [-0.05, 0) is 48.9 Å². The second-order valence-corrected chi connectivity index (χ2v) is 3.63. The van der Waals surface area contributed by atoms with Crippen LogP contribution in [0.2, 0.25) is 0 Å². The SMILES string of the molecule is NC[C@H]1CCCc2c(F)cccc21. The molecule has 0 amide bonds. The maximum absolute atomic E-state index is 13.3. The van der Waals surface area contributed by atoms with Crippen LogP contribution in [0.1, 0.15) is 29.9 Å². The Bertz CT molecular complexity index is 309. The highest BCUT2D eigenvalue weighted by atomic mass is 19.1. The fourth-order valence-electron chi connectivity index (χ4n) is 2.15. The molecule has 70 valence electrons. The quantitative estimate of drug-likeness (QED) is 0.702. The topological polar surface area (TPSA) is 26.0 Å². The predicted molar refractivity (Wildman–Crippen MR) is 51.1 cm³/mol. The Hall–Kier alpha value is -0.890. The van der Waals surface area contributed by atoms with E-state index in [4.69, 9.17) is 5.73 Å². The molecule has 1 aliphatic carbocycles. The van der Waals surface area contributed by atoms with E-state index in [0.717, 1.165) is 30.4 Å². The van der Waals surface area contributed by atoms with Gasteiger partial charge in [-0.2, -0.15) is 0 Å². The minimum absolute atomic E-state index is 0.0596. The molecule has 1 aromatic carbocycles. The van der Waals surface area contributed by atoms with Gasteiger partial charge in [-0.1, -0.05) is 12.1 Å². The van der Waals surface area contributed by atoms with Gasteiger partial charge < -0.3 is 5.73 Å². The van der Waals surface area contributed by atoms with Gasteiger partial charge in [0.15, 0.2) is 0 Å². The van der Waals surface area contributed by atoms with Crippen LogP contribution in [0.15, 0.2) is 18.2 Å². The van der Waals surface area contributed by atoms with E-state index in [0.29, 0.717) is 12.5 Å². The number of rotatable bonds is 1. The van der Waals surface area contributed by atoms with Crippen LogP contribution < -0.4 is 5.73 Å². The van der Waals surface area contributed by atoms with Crippen LogP contribution in [0.4, 0.5) is 4.39 Å². The molecule has 0 bridgehead atoms. The maximum Gasteiger partial charge on any atom is 0.126 e. The zero-order chi connectivity index (χ0) is 9.26. The molecule has 0 saturated carbocycles. The average Bonchev–Trinajstić information content (AvgIpc) is 2.18. The van der Waals surface area contributed by atoms with Crippen LogP contribution in [0, 0.1) is 5.82 Å². The first kappa shape index (κ1) is 8.70. The van der Waals surface area contributed by atoms with Crippen LogP contribution in [0.3, 0.4) is 0 Å². The summed E-state index contributed by atoms with van der Waals surface area (Å²) in [5, 5.41) is 0. The average molecular weight is 179 g/mol. The van der Waals surface area contributed by atoms with Gasteiger partial charge in [-0.25, -0.2) is 4.39 Å². The summed E-state index contributed by atoms with van der Waals surface area (Å²) < 4.78 is 13.3. The Morgan fingerprint density at radius 2 is 2.31 bits per heavy atom. The zero-order valence-electron chi connectivity index (χ0n) is 7.59. The molecule has 1 nitrogen and oxygen atoms in total. The third-order valence-electron chi connectivity index (χ3n) is 2.86. The molecule has 0 saturated heterocycles. The highest BCUT2D eigenvalue weighted by molar-refractivity contribution is 5.34. The fourth-order valence-corrected chi connectivity index (χ4v) is 2.15. The van der Waals surface area contributed by atoms with Crippen molar-refractivity contribution >= 4 is 0 Å². The largest absolute Gasteiger partial charge is 0.330 e. The molecule has 0 spiro atoms. The second kappa shape index (κ2) is 3.46. The smallest absolute Gasteiger partial charge is 0.126 e. The Labute approximate surface area is 77.8 Å². The molecule has 1 atom stereocenters. The van der Waals surface area contributed by atoms with Gasteiger partial charge in [0, 0.05) is 0 Å². The van der Waals surface area contributed by atoms with Crippen LogP contribution >= 0.6 is 0 Å². The number of benzene rings is 1. The highest BCUT2D eigenvalue weighted by Gasteiger charge is 2.20. The van der Waals surface area contributed by atoms with Crippen molar-refractivity contribution in [1.82, 2.24) is 0 Å². The Balaban J connectivity index is 2.45. The lowest BCUT2D eigenvalue weighted by Gasteiger charge is -2.24. The van der Waals surface area contributed by atoms with E-state index in [-0.39, 0.29) is 5.82 Å². The molecule has 0 unspecified atom stereocenters. The van der Waals surface area contributed by atoms with Crippen molar-refractivity contribution in [2.75, 3.05) is 6.54 Å². The molecular formula is C11H14FN. The number of nitrogens with two attached hydrogens (primary N) is 1. The van der Waals surface area contributed by atoms with Crippen molar-refractivity contribution in [2.45, 2.75) is 25.2 Å². The minimum atomic E-state index is -0.0596. The molecular weight excluding hydrogens is 165 g/mol. The van der Waals surface area contributed by atoms with Gasteiger partial charge in [0.1, 0.15) is 5.82 Å². The first-order valence-electron chi connectivity index (χ1n) is 4.80. The lowest BCUT2D eigenvalue weighted by atomic mass is 9.83. The predicted octanol–water partition coefficient (Wildman–Crippen LogP) is 2.20. The maximum atomic E-state index is 13.3. The summed E-state index contributed by atoms with van der Waals surface area (Å²) in [6, 6.07) is 5.33. The molecule has 0 aromatic heterocycles. The fraction of sp³-hybridized carbons (Fsp3) is 0.455. The molecule has 2 heteroatoms. The standard InChI is InChI=1S/C11H14FN/c12-11-6-2-4-9-8(7-13)3-1-5-10(9)11/h2,4,6,8H,1,3,5,7,13H2/t8-/m1/s1. The number of fused-ring (bicyclic) bond motifs is 1. The van der Waals surface area contributed by atoms with Gasteiger partial charge in [0.25, 0.3) is 0 Å². The van der Waals surface area contributed by atoms with Gasteiger partial charge in [0.2, 0.25) is 0 Å². The molecule has 0 aliphatic heterocycles. The number of hydrogen-bond donors (Lipinski definition) is 1. The summed E-state index contributed by atoms with van der Waals surface area (Å²) in [5.74, 6) is 0.315. The molecule has 0 heterocycles. The van der Waals surface area contributed by atoms with Crippen molar-refractivity contribution in [3.63, 3.8) is 0 Å². The van der Waals surface area contributed by atoms with E-state index in [1.54, 1.807) is 6.07 Å². The normalized spacial score (nSPS) is 21.2. The molecule has 2 rings (SSSR count). The number of halogens is 1. The summed E-state index contributed by atoms with van der Waals surface area (Å²) >= 11 is 0. The summed E-state index contributed by atoms with van der Waals surface area (Å²) in [5.41, 5.74) is 7.67. The Kier molecular flexibility index (Phi) is 2.32. The van der Waals surface area contributed by atoms with Crippen molar-refractivity contribution < 1.29 is 4.39 Å². The third-order valence-corrected chi connectivity index (χ3v) is 2.86. The number of hydrogen-bond acceptors (Lipinski definition) is 1. The Morgan fingerprint density at radius 3 is 3.08 bits per heavy atom. The van der Waals surface area contributed by atoms with Gasteiger partial charge in [-0.3, -0.25) is 0 Å². The van der Waals surface area contributed by atoms with Crippen LogP contribution in [0.25, 0.3) is 0 Å². The van der Waals surface area contributed by atoms with Crippen molar-refractivity contribution in [3.8, 4) is 0 Å². The van der Waals surface area contributed by atoms with E-state index < -0.39 is 0 Å². The van der Waals surface area contributed by atoms with E-state index in [1.165, 1.54) is 6.07 Å². The second-order valence-electron chi connectivity index (χ2n) is 3.63. The van der Waals surface area contributed by atoms with Crippen molar-refractivity contribution in [2.24, 2.45) is 5.73 Å². The first-order chi connectivity index (χ1) is 6.33.